The summed E-state index contributed by atoms with van der Waals surface area (Å²) in [5, 5.41) is 4.91. The molecule has 0 radical (unpaired) electrons. The highest BCUT2D eigenvalue weighted by molar-refractivity contribution is 9.08. The molecule has 0 aliphatic rings. The number of ether oxygens (including phenoxy) is 1. The molecule has 0 saturated heterocycles. The molecule has 3 aromatic rings. The number of hydrogen-bond acceptors (Lipinski definition) is 5. The first kappa shape index (κ1) is 12.7. The molecule has 6 nitrogen and oxygen atoms in total. The fourth-order valence-electron chi connectivity index (χ4n) is 1.55. The van der Waals surface area contributed by atoms with Crippen molar-refractivity contribution in [1.29, 1.82) is 0 Å². The maximum Gasteiger partial charge on any atom is 0.343 e. The first-order chi connectivity index (χ1) is 9.85. The van der Waals surface area contributed by atoms with E-state index >= 15 is 0 Å². The Labute approximate surface area is 123 Å². The van der Waals surface area contributed by atoms with Crippen molar-refractivity contribution in [3.05, 3.63) is 54.6 Å². The van der Waals surface area contributed by atoms with Crippen molar-refractivity contribution in [3.8, 4) is 17.7 Å². The average Bonchev–Trinajstić information content (AvgIpc) is 2.97. The van der Waals surface area contributed by atoms with Crippen molar-refractivity contribution in [1.82, 2.24) is 24.7 Å². The van der Waals surface area contributed by atoms with Gasteiger partial charge in [-0.25, -0.2) is 14.6 Å². The SMILES string of the molecule is BrCc1cnc(Oc2ncn(-c3ccccc3)n2)nc1. The topological polar surface area (TPSA) is 65.7 Å². The molecule has 0 saturated carbocycles. The Bertz CT molecular complexity index is 683. The highest BCUT2D eigenvalue weighted by Crippen LogP contribution is 2.14. The minimum atomic E-state index is 0.209. The molecule has 7 heteroatoms. The molecule has 100 valence electrons. The summed E-state index contributed by atoms with van der Waals surface area (Å²) in [6.45, 7) is 0. The molecule has 3 rings (SSSR count). The third-order valence-electron chi connectivity index (χ3n) is 2.51. The molecule has 0 unspecified atom stereocenters. The molecule has 1 aromatic carbocycles. The van der Waals surface area contributed by atoms with Crippen LogP contribution in [-0.2, 0) is 5.33 Å². The Balaban J connectivity index is 1.77. The molecule has 2 heterocycles. The van der Waals surface area contributed by atoms with Gasteiger partial charge in [0.25, 0.3) is 0 Å². The van der Waals surface area contributed by atoms with Gasteiger partial charge < -0.3 is 4.74 Å². The number of hydrogen-bond donors (Lipinski definition) is 0. The van der Waals surface area contributed by atoms with E-state index in [0.717, 1.165) is 11.3 Å². The zero-order valence-corrected chi connectivity index (χ0v) is 11.9. The van der Waals surface area contributed by atoms with Gasteiger partial charge in [0.1, 0.15) is 6.33 Å². The molecule has 0 aliphatic heterocycles. The quantitative estimate of drug-likeness (QED) is 0.688. The monoisotopic (exact) mass is 331 g/mol. The van der Waals surface area contributed by atoms with Gasteiger partial charge in [0, 0.05) is 17.7 Å². The summed E-state index contributed by atoms with van der Waals surface area (Å²) in [5.74, 6) is 0. The van der Waals surface area contributed by atoms with E-state index in [4.69, 9.17) is 4.74 Å². The van der Waals surface area contributed by atoms with Crippen LogP contribution in [0.15, 0.2) is 49.1 Å². The molecular formula is C13H10BrN5O. The Morgan fingerprint density at radius 3 is 2.45 bits per heavy atom. The predicted octanol–water partition coefficient (Wildman–Crippen LogP) is 2.74. The van der Waals surface area contributed by atoms with Crippen LogP contribution in [0.5, 0.6) is 12.0 Å². The van der Waals surface area contributed by atoms with Gasteiger partial charge in [-0.1, -0.05) is 34.1 Å². The summed E-state index contributed by atoms with van der Waals surface area (Å²) < 4.78 is 7.03. The maximum atomic E-state index is 5.40. The van der Waals surface area contributed by atoms with Crippen molar-refractivity contribution in [3.63, 3.8) is 0 Å². The van der Waals surface area contributed by atoms with Crippen molar-refractivity contribution >= 4 is 15.9 Å². The lowest BCUT2D eigenvalue weighted by Crippen LogP contribution is -1.96. The second-order valence-corrected chi connectivity index (χ2v) is 4.48. The molecular weight excluding hydrogens is 322 g/mol. The minimum absolute atomic E-state index is 0.209. The standard InChI is InChI=1S/C13H10BrN5O/c14-6-10-7-15-12(16-8-10)20-13-17-9-19(18-13)11-4-2-1-3-5-11/h1-5,7-9H,6H2. The molecule has 0 amide bonds. The zero-order valence-electron chi connectivity index (χ0n) is 10.3. The number of rotatable bonds is 4. The summed E-state index contributed by atoms with van der Waals surface area (Å²) in [4.78, 5) is 12.2. The van der Waals surface area contributed by atoms with E-state index < -0.39 is 0 Å². The van der Waals surface area contributed by atoms with Gasteiger partial charge in [0.15, 0.2) is 0 Å². The third-order valence-corrected chi connectivity index (χ3v) is 3.16. The Hall–Kier alpha value is -2.28. The van der Waals surface area contributed by atoms with Crippen LogP contribution in [0, 0.1) is 0 Å². The molecule has 2 aromatic heterocycles. The number of aromatic nitrogens is 5. The van der Waals surface area contributed by atoms with Crippen molar-refractivity contribution in [2.75, 3.05) is 0 Å². The largest absolute Gasteiger partial charge is 0.387 e. The van der Waals surface area contributed by atoms with Crippen LogP contribution in [0.1, 0.15) is 5.56 Å². The molecule has 0 spiro atoms. The Morgan fingerprint density at radius 1 is 1.00 bits per heavy atom. The number of para-hydroxylation sites is 1. The van der Waals surface area contributed by atoms with E-state index in [0.29, 0.717) is 5.33 Å². The summed E-state index contributed by atoms with van der Waals surface area (Å²) >= 11 is 3.33. The fourth-order valence-corrected chi connectivity index (χ4v) is 1.84. The molecule has 0 fully saturated rings. The minimum Gasteiger partial charge on any atom is -0.387 e. The van der Waals surface area contributed by atoms with E-state index in [1.165, 1.54) is 0 Å². The van der Waals surface area contributed by atoms with E-state index in [1.54, 1.807) is 23.4 Å². The zero-order chi connectivity index (χ0) is 13.8. The van der Waals surface area contributed by atoms with Crippen LogP contribution < -0.4 is 4.74 Å². The van der Waals surface area contributed by atoms with Gasteiger partial charge in [-0.2, -0.15) is 4.98 Å². The van der Waals surface area contributed by atoms with Crippen LogP contribution in [0.2, 0.25) is 0 Å². The summed E-state index contributed by atoms with van der Waals surface area (Å²) in [5.41, 5.74) is 1.88. The third kappa shape index (κ3) is 2.83. The van der Waals surface area contributed by atoms with E-state index in [9.17, 15) is 0 Å². The van der Waals surface area contributed by atoms with E-state index in [1.807, 2.05) is 30.3 Å². The lowest BCUT2D eigenvalue weighted by atomic mass is 10.3. The molecule has 0 atom stereocenters. The number of alkyl halides is 1. The number of halogens is 1. The van der Waals surface area contributed by atoms with E-state index in [2.05, 4.69) is 36.0 Å². The number of nitrogens with zero attached hydrogens (tertiary/aromatic N) is 5. The predicted molar refractivity (Wildman–Crippen MR) is 76.1 cm³/mol. The highest BCUT2D eigenvalue weighted by atomic mass is 79.9. The van der Waals surface area contributed by atoms with Gasteiger partial charge in [0.05, 0.1) is 5.69 Å². The second-order valence-electron chi connectivity index (χ2n) is 3.92. The normalized spacial score (nSPS) is 10.4. The first-order valence-electron chi connectivity index (χ1n) is 5.87. The van der Waals surface area contributed by atoms with Crippen molar-refractivity contribution in [2.24, 2.45) is 0 Å². The average molecular weight is 332 g/mol. The lowest BCUT2D eigenvalue weighted by molar-refractivity contribution is 0.406. The van der Waals surface area contributed by atoms with E-state index in [-0.39, 0.29) is 12.0 Å². The van der Waals surface area contributed by atoms with Crippen molar-refractivity contribution < 1.29 is 4.74 Å². The summed E-state index contributed by atoms with van der Waals surface area (Å²) in [7, 11) is 0. The summed E-state index contributed by atoms with van der Waals surface area (Å²) in [6, 6.07) is 10.1. The Morgan fingerprint density at radius 2 is 1.75 bits per heavy atom. The molecule has 0 N–H and O–H groups in total. The maximum absolute atomic E-state index is 5.40. The van der Waals surface area contributed by atoms with Gasteiger partial charge in [-0.05, 0) is 17.7 Å². The van der Waals surface area contributed by atoms with Crippen LogP contribution in [0.25, 0.3) is 5.69 Å². The van der Waals surface area contributed by atoms with Gasteiger partial charge in [-0.3, -0.25) is 0 Å². The van der Waals surface area contributed by atoms with Crippen LogP contribution >= 0.6 is 15.9 Å². The van der Waals surface area contributed by atoms with Crippen LogP contribution in [0.4, 0.5) is 0 Å². The molecule has 0 bridgehead atoms. The summed E-state index contributed by atoms with van der Waals surface area (Å²) in [6.07, 6.45) is 4.95. The first-order valence-corrected chi connectivity index (χ1v) is 6.99. The highest BCUT2D eigenvalue weighted by Gasteiger charge is 2.06. The number of benzene rings is 1. The smallest absolute Gasteiger partial charge is 0.343 e. The van der Waals surface area contributed by atoms with Gasteiger partial charge in [-0.15, -0.1) is 5.10 Å². The Kier molecular flexibility index (Phi) is 3.69. The second kappa shape index (κ2) is 5.79. The lowest BCUT2D eigenvalue weighted by Gasteiger charge is -2.00. The van der Waals surface area contributed by atoms with Gasteiger partial charge in [0.2, 0.25) is 0 Å². The molecule has 20 heavy (non-hydrogen) atoms. The van der Waals surface area contributed by atoms with Crippen LogP contribution in [-0.4, -0.2) is 24.7 Å². The fraction of sp³-hybridized carbons (Fsp3) is 0.0769. The van der Waals surface area contributed by atoms with Crippen LogP contribution in [0.3, 0.4) is 0 Å². The van der Waals surface area contributed by atoms with Gasteiger partial charge >= 0.3 is 12.0 Å². The van der Waals surface area contributed by atoms with Crippen molar-refractivity contribution in [2.45, 2.75) is 5.33 Å². The molecule has 0 aliphatic carbocycles.